The van der Waals surface area contributed by atoms with E-state index in [9.17, 15) is 13.2 Å². The van der Waals surface area contributed by atoms with Gasteiger partial charge in [-0.05, 0) is 13.5 Å². The van der Waals surface area contributed by atoms with Gasteiger partial charge in [-0.3, -0.25) is 0 Å². The van der Waals surface area contributed by atoms with Crippen LogP contribution in [0.4, 0.5) is 13.2 Å². The highest BCUT2D eigenvalue weighted by Gasteiger charge is 2.36. The van der Waals surface area contributed by atoms with Crippen LogP contribution in [0.1, 0.15) is 37.0 Å². The van der Waals surface area contributed by atoms with Gasteiger partial charge in [0.15, 0.2) is 11.5 Å². The second-order valence-electron chi connectivity index (χ2n) is 3.76. The molecule has 102 valence electrons. The van der Waals surface area contributed by atoms with Crippen molar-refractivity contribution in [2.75, 3.05) is 13.7 Å². The van der Waals surface area contributed by atoms with E-state index in [1.165, 1.54) is 13.3 Å². The zero-order chi connectivity index (χ0) is 13.8. The molecule has 0 aromatic carbocycles. The second-order valence-corrected chi connectivity index (χ2v) is 3.76. The molecular weight excluding hydrogens is 247 g/mol. The number of alkyl halides is 3. The molecule has 0 spiro atoms. The maximum atomic E-state index is 12.9. The molecule has 0 radical (unpaired) electrons. The number of rotatable bonds is 5. The summed E-state index contributed by atoms with van der Waals surface area (Å²) in [5.41, 5.74) is -0.867. The van der Waals surface area contributed by atoms with E-state index in [1.807, 2.05) is 6.92 Å². The number of methoxy groups -OCH3 is 1. The van der Waals surface area contributed by atoms with Crippen LogP contribution in [0.3, 0.4) is 0 Å². The zero-order valence-electron chi connectivity index (χ0n) is 10.5. The van der Waals surface area contributed by atoms with E-state index < -0.39 is 18.0 Å². The number of halogens is 3. The number of nitrogens with zero attached hydrogens (tertiary/aromatic N) is 2. The van der Waals surface area contributed by atoms with E-state index in [-0.39, 0.29) is 17.9 Å². The van der Waals surface area contributed by atoms with E-state index in [0.717, 1.165) is 0 Å². The Labute approximate surface area is 104 Å². The number of nitrogens with one attached hydrogen (secondary N) is 1. The lowest BCUT2D eigenvalue weighted by Crippen LogP contribution is -2.20. The molecule has 1 rings (SSSR count). The quantitative estimate of drug-likeness (QED) is 0.885. The Morgan fingerprint density at radius 1 is 1.44 bits per heavy atom. The van der Waals surface area contributed by atoms with Crippen LogP contribution in [0.25, 0.3) is 0 Å². The van der Waals surface area contributed by atoms with Crippen LogP contribution in [0.15, 0.2) is 6.20 Å². The van der Waals surface area contributed by atoms with E-state index >= 15 is 0 Å². The van der Waals surface area contributed by atoms with Gasteiger partial charge >= 0.3 is 6.18 Å². The summed E-state index contributed by atoms with van der Waals surface area (Å²) in [5.74, 6) is 0.0325. The van der Waals surface area contributed by atoms with E-state index in [2.05, 4.69) is 15.3 Å². The average molecular weight is 263 g/mol. The first kappa shape index (κ1) is 14.8. The van der Waals surface area contributed by atoms with Gasteiger partial charge in [0.05, 0.1) is 0 Å². The Hall–Kier alpha value is -1.21. The molecule has 7 heteroatoms. The van der Waals surface area contributed by atoms with Crippen molar-refractivity contribution in [1.82, 2.24) is 15.3 Å². The summed E-state index contributed by atoms with van der Waals surface area (Å²) in [5, 5.41) is 2.83. The lowest BCUT2D eigenvalue weighted by atomic mass is 10.2. The molecule has 0 saturated carbocycles. The summed E-state index contributed by atoms with van der Waals surface area (Å²) in [6.07, 6.45) is -3.86. The average Bonchev–Trinajstić information content (AvgIpc) is 2.34. The maximum absolute atomic E-state index is 12.9. The first-order valence-corrected chi connectivity index (χ1v) is 5.56. The number of ether oxygens (including phenoxy) is 1. The van der Waals surface area contributed by atoms with Crippen molar-refractivity contribution in [3.05, 3.63) is 23.3 Å². The van der Waals surface area contributed by atoms with Crippen LogP contribution in [-0.2, 0) is 17.5 Å². The molecule has 4 nitrogen and oxygen atoms in total. The fraction of sp³-hybridized carbons (Fsp3) is 0.636. The lowest BCUT2D eigenvalue weighted by Gasteiger charge is -2.15. The van der Waals surface area contributed by atoms with E-state index in [0.29, 0.717) is 6.54 Å². The van der Waals surface area contributed by atoms with Crippen molar-refractivity contribution in [3.63, 3.8) is 0 Å². The highest BCUT2D eigenvalue weighted by molar-refractivity contribution is 5.21. The number of aromatic nitrogens is 2. The Morgan fingerprint density at radius 2 is 2.11 bits per heavy atom. The van der Waals surface area contributed by atoms with E-state index in [1.54, 1.807) is 6.92 Å². The minimum atomic E-state index is -4.49. The van der Waals surface area contributed by atoms with Gasteiger partial charge in [0.2, 0.25) is 0 Å². The van der Waals surface area contributed by atoms with Gasteiger partial charge in [0.25, 0.3) is 0 Å². The Bertz CT molecular complexity index is 396. The van der Waals surface area contributed by atoms with Gasteiger partial charge < -0.3 is 10.1 Å². The molecule has 0 aliphatic carbocycles. The summed E-state index contributed by atoms with van der Waals surface area (Å²) >= 11 is 0. The Morgan fingerprint density at radius 3 is 2.61 bits per heavy atom. The van der Waals surface area contributed by atoms with Crippen molar-refractivity contribution in [3.8, 4) is 0 Å². The van der Waals surface area contributed by atoms with Gasteiger partial charge in [-0.2, -0.15) is 13.2 Å². The monoisotopic (exact) mass is 263 g/mol. The first-order valence-electron chi connectivity index (χ1n) is 5.56. The van der Waals surface area contributed by atoms with Crippen LogP contribution in [0.2, 0.25) is 0 Å². The molecular formula is C11H16F3N3O. The van der Waals surface area contributed by atoms with Crippen molar-refractivity contribution < 1.29 is 17.9 Å². The molecule has 0 amide bonds. The van der Waals surface area contributed by atoms with Crippen molar-refractivity contribution in [1.29, 1.82) is 0 Å². The van der Waals surface area contributed by atoms with Gasteiger partial charge in [-0.25, -0.2) is 9.97 Å². The Kier molecular flexibility index (Phi) is 5.03. The topological polar surface area (TPSA) is 47.0 Å². The molecule has 1 heterocycles. The minimum Gasteiger partial charge on any atom is -0.374 e. The molecule has 1 N–H and O–H groups in total. The van der Waals surface area contributed by atoms with Crippen molar-refractivity contribution >= 4 is 0 Å². The molecule has 18 heavy (non-hydrogen) atoms. The van der Waals surface area contributed by atoms with Gasteiger partial charge in [-0.1, -0.05) is 6.92 Å². The summed E-state index contributed by atoms with van der Waals surface area (Å²) in [4.78, 5) is 7.47. The molecule has 1 unspecified atom stereocenters. The van der Waals surface area contributed by atoms with Crippen molar-refractivity contribution in [2.24, 2.45) is 0 Å². The van der Waals surface area contributed by atoms with Gasteiger partial charge in [0.1, 0.15) is 6.10 Å². The smallest absolute Gasteiger partial charge is 0.374 e. The molecule has 0 bridgehead atoms. The third-order valence-corrected chi connectivity index (χ3v) is 2.43. The highest BCUT2D eigenvalue weighted by atomic mass is 19.4. The molecule has 0 aliphatic heterocycles. The highest BCUT2D eigenvalue weighted by Crippen LogP contribution is 2.31. The van der Waals surface area contributed by atoms with Crippen molar-refractivity contribution in [2.45, 2.75) is 32.7 Å². The van der Waals surface area contributed by atoms with Crippen LogP contribution >= 0.6 is 0 Å². The minimum absolute atomic E-state index is 0.0325. The molecule has 1 aromatic heterocycles. The van der Waals surface area contributed by atoms with E-state index in [4.69, 9.17) is 4.74 Å². The largest absolute Gasteiger partial charge is 0.433 e. The number of hydrogen-bond acceptors (Lipinski definition) is 4. The summed E-state index contributed by atoms with van der Waals surface area (Å²) < 4.78 is 43.5. The SMILES string of the molecule is CCNCc1cnc(C(C)OC)nc1C(F)(F)F. The van der Waals surface area contributed by atoms with Gasteiger partial charge in [0, 0.05) is 25.4 Å². The molecule has 1 atom stereocenters. The first-order chi connectivity index (χ1) is 8.40. The van der Waals surface area contributed by atoms with Crippen LogP contribution in [0.5, 0.6) is 0 Å². The lowest BCUT2D eigenvalue weighted by molar-refractivity contribution is -0.142. The van der Waals surface area contributed by atoms with Crippen LogP contribution in [-0.4, -0.2) is 23.6 Å². The fourth-order valence-electron chi connectivity index (χ4n) is 1.36. The predicted molar refractivity (Wildman–Crippen MR) is 59.8 cm³/mol. The number of hydrogen-bond donors (Lipinski definition) is 1. The normalized spacial score (nSPS) is 13.7. The van der Waals surface area contributed by atoms with Crippen LogP contribution < -0.4 is 5.32 Å². The van der Waals surface area contributed by atoms with Gasteiger partial charge in [-0.15, -0.1) is 0 Å². The second kappa shape index (κ2) is 6.10. The summed E-state index contributed by atoms with van der Waals surface area (Å²) in [6, 6.07) is 0. The summed E-state index contributed by atoms with van der Waals surface area (Å²) in [6.45, 7) is 4.08. The summed E-state index contributed by atoms with van der Waals surface area (Å²) in [7, 11) is 1.40. The fourth-order valence-corrected chi connectivity index (χ4v) is 1.36. The maximum Gasteiger partial charge on any atom is 0.433 e. The molecule has 0 saturated heterocycles. The Balaban J connectivity index is 3.12. The standard InChI is InChI=1S/C11H16F3N3O/c1-4-15-5-8-6-16-10(7(2)18-3)17-9(8)11(12,13)14/h6-7,15H,4-5H2,1-3H3. The zero-order valence-corrected chi connectivity index (χ0v) is 10.5. The molecule has 0 aliphatic rings. The molecule has 0 fully saturated rings. The predicted octanol–water partition coefficient (Wildman–Crippen LogP) is 2.31. The van der Waals surface area contributed by atoms with Crippen LogP contribution in [0, 0.1) is 0 Å². The third kappa shape index (κ3) is 3.64. The molecule has 1 aromatic rings. The third-order valence-electron chi connectivity index (χ3n) is 2.43.